The highest BCUT2D eigenvalue weighted by molar-refractivity contribution is 9.10. The van der Waals surface area contributed by atoms with E-state index < -0.39 is 10.8 Å². The zero-order valence-electron chi connectivity index (χ0n) is 14.4. The standard InChI is InChI=1S/C19H20BrN3OS/c1-23(2)12-13-4-7-15(8-5-13)22-19-16-10-14(20)6-9-17(16)21-11-18(19)25(3)24/h4-11H,12H2,1-3H3,(H,21,22). The van der Waals surface area contributed by atoms with Crippen LogP contribution in [0.1, 0.15) is 5.56 Å². The van der Waals surface area contributed by atoms with Gasteiger partial charge in [0.15, 0.2) is 0 Å². The van der Waals surface area contributed by atoms with Crippen LogP contribution in [0.15, 0.2) is 58.0 Å². The minimum absolute atomic E-state index is 0.697. The second-order valence-corrected chi connectivity index (χ2v) is 8.44. The number of fused-ring (bicyclic) bond motifs is 1. The summed E-state index contributed by atoms with van der Waals surface area (Å²) >= 11 is 3.51. The minimum Gasteiger partial charge on any atom is -0.354 e. The lowest BCUT2D eigenvalue weighted by atomic mass is 10.1. The average Bonchev–Trinajstić information content (AvgIpc) is 2.56. The first-order valence-corrected chi connectivity index (χ1v) is 10.2. The van der Waals surface area contributed by atoms with Crippen LogP contribution in [0.25, 0.3) is 10.9 Å². The van der Waals surface area contributed by atoms with Gasteiger partial charge in [-0.2, -0.15) is 0 Å². The van der Waals surface area contributed by atoms with Gasteiger partial charge in [-0.15, -0.1) is 0 Å². The second kappa shape index (κ2) is 7.64. The summed E-state index contributed by atoms with van der Waals surface area (Å²) in [4.78, 5) is 7.26. The summed E-state index contributed by atoms with van der Waals surface area (Å²) in [5.74, 6) is 0. The van der Waals surface area contributed by atoms with Crippen molar-refractivity contribution < 1.29 is 4.21 Å². The molecule has 0 fully saturated rings. The molecule has 0 radical (unpaired) electrons. The first kappa shape index (κ1) is 18.0. The van der Waals surface area contributed by atoms with E-state index in [1.54, 1.807) is 12.5 Å². The van der Waals surface area contributed by atoms with Crippen molar-refractivity contribution in [2.24, 2.45) is 0 Å². The Morgan fingerprint density at radius 2 is 1.88 bits per heavy atom. The fourth-order valence-electron chi connectivity index (χ4n) is 2.70. The highest BCUT2D eigenvalue weighted by Crippen LogP contribution is 2.32. The van der Waals surface area contributed by atoms with Gasteiger partial charge >= 0.3 is 0 Å². The SMILES string of the molecule is CN(C)Cc1ccc(Nc2c(S(C)=O)cnc3ccc(Br)cc23)cc1. The molecule has 25 heavy (non-hydrogen) atoms. The highest BCUT2D eigenvalue weighted by atomic mass is 79.9. The van der Waals surface area contributed by atoms with Gasteiger partial charge in [0, 0.05) is 34.5 Å². The molecular weight excluding hydrogens is 398 g/mol. The minimum atomic E-state index is -1.14. The van der Waals surface area contributed by atoms with E-state index in [9.17, 15) is 4.21 Å². The maximum Gasteiger partial charge on any atom is 0.0809 e. The smallest absolute Gasteiger partial charge is 0.0809 e. The van der Waals surface area contributed by atoms with E-state index in [1.165, 1.54) is 5.56 Å². The molecule has 0 saturated heterocycles. The summed E-state index contributed by atoms with van der Waals surface area (Å²) in [6, 6.07) is 14.2. The lowest BCUT2D eigenvalue weighted by Gasteiger charge is -2.15. The molecule has 3 rings (SSSR count). The summed E-state index contributed by atoms with van der Waals surface area (Å²) in [7, 11) is 2.97. The maximum absolute atomic E-state index is 12.2. The Labute approximate surface area is 158 Å². The number of hydrogen-bond donors (Lipinski definition) is 1. The van der Waals surface area contributed by atoms with Crippen molar-refractivity contribution in [3.8, 4) is 0 Å². The molecule has 0 aliphatic heterocycles. The zero-order valence-corrected chi connectivity index (χ0v) is 16.8. The first-order valence-electron chi connectivity index (χ1n) is 7.86. The molecule has 0 aliphatic rings. The lowest BCUT2D eigenvalue weighted by Crippen LogP contribution is -2.10. The van der Waals surface area contributed by atoms with E-state index in [0.29, 0.717) is 4.90 Å². The van der Waals surface area contributed by atoms with Crippen LogP contribution in [-0.4, -0.2) is 34.4 Å². The van der Waals surface area contributed by atoms with Crippen molar-refractivity contribution in [1.82, 2.24) is 9.88 Å². The largest absolute Gasteiger partial charge is 0.354 e. The third kappa shape index (κ3) is 4.26. The number of hydrogen-bond acceptors (Lipinski definition) is 4. The summed E-state index contributed by atoms with van der Waals surface area (Å²) in [5.41, 5.74) is 3.91. The number of nitrogens with one attached hydrogen (secondary N) is 1. The Morgan fingerprint density at radius 3 is 2.52 bits per heavy atom. The third-order valence-electron chi connectivity index (χ3n) is 3.83. The molecule has 0 saturated carbocycles. The van der Waals surface area contributed by atoms with Crippen LogP contribution in [0.4, 0.5) is 11.4 Å². The topological polar surface area (TPSA) is 45.2 Å². The van der Waals surface area contributed by atoms with Crippen LogP contribution < -0.4 is 5.32 Å². The first-order chi connectivity index (χ1) is 11.9. The fraction of sp³-hybridized carbons (Fsp3) is 0.211. The van der Waals surface area contributed by atoms with Crippen LogP contribution in [0.5, 0.6) is 0 Å². The molecule has 0 bridgehead atoms. The van der Waals surface area contributed by atoms with Gasteiger partial charge < -0.3 is 10.2 Å². The lowest BCUT2D eigenvalue weighted by molar-refractivity contribution is 0.402. The number of nitrogens with zero attached hydrogens (tertiary/aromatic N) is 2. The fourth-order valence-corrected chi connectivity index (χ4v) is 3.71. The number of pyridine rings is 1. The molecule has 6 heteroatoms. The molecule has 1 N–H and O–H groups in total. The number of aromatic nitrogens is 1. The van der Waals surface area contributed by atoms with Gasteiger partial charge in [0.2, 0.25) is 0 Å². The van der Waals surface area contributed by atoms with Crippen molar-refractivity contribution >= 4 is 49.0 Å². The van der Waals surface area contributed by atoms with Gasteiger partial charge in [-0.05, 0) is 50.0 Å². The van der Waals surface area contributed by atoms with E-state index in [2.05, 4.69) is 57.4 Å². The Balaban J connectivity index is 2.03. The molecule has 3 aromatic rings. The summed E-state index contributed by atoms with van der Waals surface area (Å²) in [5, 5.41) is 4.38. The van der Waals surface area contributed by atoms with Crippen molar-refractivity contribution in [3.63, 3.8) is 0 Å². The van der Waals surface area contributed by atoms with Gasteiger partial charge in [0.25, 0.3) is 0 Å². The van der Waals surface area contributed by atoms with Crippen LogP contribution in [0.3, 0.4) is 0 Å². The average molecular weight is 418 g/mol. The Hall–Kier alpha value is -1.76. The monoisotopic (exact) mass is 417 g/mol. The van der Waals surface area contributed by atoms with Crippen LogP contribution in [0.2, 0.25) is 0 Å². The molecule has 0 spiro atoms. The van der Waals surface area contributed by atoms with E-state index >= 15 is 0 Å². The number of anilines is 2. The maximum atomic E-state index is 12.2. The molecule has 1 atom stereocenters. The molecule has 0 aliphatic carbocycles. The second-order valence-electron chi connectivity index (χ2n) is 6.17. The van der Waals surface area contributed by atoms with Gasteiger partial charge in [0.05, 0.1) is 26.9 Å². The third-order valence-corrected chi connectivity index (χ3v) is 5.25. The van der Waals surface area contributed by atoms with Crippen molar-refractivity contribution in [2.45, 2.75) is 11.4 Å². The van der Waals surface area contributed by atoms with Crippen LogP contribution in [0, 0.1) is 0 Å². The van der Waals surface area contributed by atoms with E-state index in [-0.39, 0.29) is 0 Å². The highest BCUT2D eigenvalue weighted by Gasteiger charge is 2.13. The predicted octanol–water partition coefficient (Wildman–Crippen LogP) is 4.54. The Morgan fingerprint density at radius 1 is 1.16 bits per heavy atom. The number of rotatable bonds is 5. The summed E-state index contributed by atoms with van der Waals surface area (Å²) in [6.07, 6.45) is 3.36. The molecule has 4 nitrogen and oxygen atoms in total. The van der Waals surface area contributed by atoms with Crippen LogP contribution >= 0.6 is 15.9 Å². The van der Waals surface area contributed by atoms with Crippen molar-refractivity contribution in [2.75, 3.05) is 25.7 Å². The molecule has 130 valence electrons. The van der Waals surface area contributed by atoms with Gasteiger partial charge in [-0.1, -0.05) is 28.1 Å². The van der Waals surface area contributed by atoms with Gasteiger partial charge in [0.1, 0.15) is 0 Å². The molecule has 2 aromatic carbocycles. The molecule has 1 aromatic heterocycles. The van der Waals surface area contributed by atoms with Crippen molar-refractivity contribution in [3.05, 3.63) is 58.7 Å². The number of halogens is 1. The van der Waals surface area contributed by atoms with Crippen molar-refractivity contribution in [1.29, 1.82) is 0 Å². The van der Waals surface area contributed by atoms with Gasteiger partial charge in [-0.25, -0.2) is 0 Å². The summed E-state index contributed by atoms with van der Waals surface area (Å²) in [6.45, 7) is 0.898. The molecule has 1 unspecified atom stereocenters. The van der Waals surface area contributed by atoms with Crippen LogP contribution in [-0.2, 0) is 17.3 Å². The predicted molar refractivity (Wildman–Crippen MR) is 109 cm³/mol. The van der Waals surface area contributed by atoms with E-state index in [1.807, 2.05) is 30.3 Å². The quantitative estimate of drug-likeness (QED) is 0.661. The van der Waals surface area contributed by atoms with E-state index in [4.69, 9.17) is 0 Å². The molecular formula is C19H20BrN3OS. The van der Waals surface area contributed by atoms with Gasteiger partial charge in [-0.3, -0.25) is 9.19 Å². The number of benzene rings is 2. The molecule has 1 heterocycles. The Bertz CT molecular complexity index is 926. The summed E-state index contributed by atoms with van der Waals surface area (Å²) < 4.78 is 13.1. The molecule has 0 amide bonds. The zero-order chi connectivity index (χ0) is 18.0. The Kier molecular flexibility index (Phi) is 5.51. The van der Waals surface area contributed by atoms with E-state index in [0.717, 1.165) is 33.3 Å². The normalized spacial score (nSPS) is 12.5.